The van der Waals surface area contributed by atoms with Crippen LogP contribution in [0.1, 0.15) is 32.9 Å². The molecule has 0 spiro atoms. The summed E-state index contributed by atoms with van der Waals surface area (Å²) in [5.74, 6) is -1.19. The summed E-state index contributed by atoms with van der Waals surface area (Å²) in [6.45, 7) is 3.63. The summed E-state index contributed by atoms with van der Waals surface area (Å²) >= 11 is 0.977. The highest BCUT2D eigenvalue weighted by Crippen LogP contribution is 2.22. The van der Waals surface area contributed by atoms with Gasteiger partial charge in [0.2, 0.25) is 5.91 Å². The Hall–Kier alpha value is -2.21. The summed E-state index contributed by atoms with van der Waals surface area (Å²) in [4.78, 5) is 27.0. The van der Waals surface area contributed by atoms with Crippen molar-refractivity contribution < 1.29 is 14.7 Å². The van der Waals surface area contributed by atoms with Gasteiger partial charge < -0.3 is 10.4 Å². The second-order valence-corrected chi connectivity index (χ2v) is 5.77. The third-order valence-electron chi connectivity index (χ3n) is 3.00. The molecule has 0 unspecified atom stereocenters. The van der Waals surface area contributed by atoms with E-state index in [-0.39, 0.29) is 10.8 Å². The smallest absolute Gasteiger partial charge is 0.347 e. The van der Waals surface area contributed by atoms with E-state index in [9.17, 15) is 9.59 Å². The van der Waals surface area contributed by atoms with Crippen LogP contribution >= 0.6 is 11.3 Å². The largest absolute Gasteiger partial charge is 0.477 e. The van der Waals surface area contributed by atoms with Gasteiger partial charge in [-0.25, -0.2) is 9.78 Å². The van der Waals surface area contributed by atoms with Gasteiger partial charge in [0.1, 0.15) is 4.88 Å². The molecule has 110 valence electrons. The fourth-order valence-electron chi connectivity index (χ4n) is 1.84. The van der Waals surface area contributed by atoms with Crippen LogP contribution in [0, 0.1) is 13.8 Å². The van der Waals surface area contributed by atoms with Gasteiger partial charge in [-0.15, -0.1) is 0 Å². The fraction of sp³-hybridized carbons (Fsp3) is 0.267. The molecule has 0 saturated heterocycles. The Labute approximate surface area is 126 Å². The van der Waals surface area contributed by atoms with Crippen molar-refractivity contribution in [3.63, 3.8) is 0 Å². The zero-order chi connectivity index (χ0) is 15.4. The molecule has 5 nitrogen and oxygen atoms in total. The van der Waals surface area contributed by atoms with Crippen LogP contribution in [0.5, 0.6) is 0 Å². The Kier molecular flexibility index (Phi) is 4.70. The molecule has 0 saturated carbocycles. The molecule has 2 N–H and O–H groups in total. The highest BCUT2D eigenvalue weighted by Gasteiger charge is 2.15. The highest BCUT2D eigenvalue weighted by atomic mass is 32.1. The third kappa shape index (κ3) is 4.13. The lowest BCUT2D eigenvalue weighted by atomic mass is 10.1. The zero-order valence-electron chi connectivity index (χ0n) is 11.8. The summed E-state index contributed by atoms with van der Waals surface area (Å²) in [6, 6.07) is 8.02. The number of amides is 1. The second-order valence-electron chi connectivity index (χ2n) is 4.77. The summed E-state index contributed by atoms with van der Waals surface area (Å²) in [5.41, 5.74) is 2.70. The summed E-state index contributed by atoms with van der Waals surface area (Å²) in [7, 11) is 0. The molecule has 0 atom stereocenters. The molecule has 0 aliphatic heterocycles. The number of hydrogen-bond acceptors (Lipinski definition) is 4. The first kappa shape index (κ1) is 15.2. The lowest BCUT2D eigenvalue weighted by Crippen LogP contribution is -2.12. The SMILES string of the molecule is Cc1ccc(CCC(=O)Nc2nc(C)c(C(=O)O)s2)cc1. The molecular formula is C15H16N2O3S. The number of carboxylic acid groups (broad SMARTS) is 1. The van der Waals surface area contributed by atoms with Gasteiger partial charge in [-0.2, -0.15) is 0 Å². The molecule has 21 heavy (non-hydrogen) atoms. The Morgan fingerprint density at radius 1 is 1.24 bits per heavy atom. The molecule has 2 rings (SSSR count). The average Bonchev–Trinajstić information content (AvgIpc) is 2.79. The number of rotatable bonds is 5. The van der Waals surface area contributed by atoms with E-state index in [0.29, 0.717) is 23.7 Å². The number of aromatic carboxylic acids is 1. The Bertz CT molecular complexity index is 662. The maximum Gasteiger partial charge on any atom is 0.347 e. The normalized spacial score (nSPS) is 10.4. The first-order valence-corrected chi connectivity index (χ1v) is 7.33. The lowest BCUT2D eigenvalue weighted by molar-refractivity contribution is -0.116. The Balaban J connectivity index is 1.91. The summed E-state index contributed by atoms with van der Waals surface area (Å²) < 4.78 is 0. The van der Waals surface area contributed by atoms with Crippen LogP contribution in [0.15, 0.2) is 24.3 Å². The monoisotopic (exact) mass is 304 g/mol. The first-order chi connectivity index (χ1) is 9.95. The van der Waals surface area contributed by atoms with E-state index in [0.717, 1.165) is 16.9 Å². The first-order valence-electron chi connectivity index (χ1n) is 6.52. The predicted octanol–water partition coefficient (Wildman–Crippen LogP) is 3.03. The van der Waals surface area contributed by atoms with E-state index in [1.165, 1.54) is 5.56 Å². The van der Waals surface area contributed by atoms with Crippen LogP contribution in [0.25, 0.3) is 0 Å². The van der Waals surface area contributed by atoms with Crippen molar-refractivity contribution in [1.29, 1.82) is 0 Å². The summed E-state index contributed by atoms with van der Waals surface area (Å²) in [6.07, 6.45) is 0.979. The van der Waals surface area contributed by atoms with Crippen molar-refractivity contribution in [2.75, 3.05) is 5.32 Å². The summed E-state index contributed by atoms with van der Waals surface area (Å²) in [5, 5.41) is 11.9. The number of hydrogen-bond donors (Lipinski definition) is 2. The Morgan fingerprint density at radius 3 is 2.48 bits per heavy atom. The minimum Gasteiger partial charge on any atom is -0.477 e. The second kappa shape index (κ2) is 6.49. The Morgan fingerprint density at radius 2 is 1.90 bits per heavy atom. The highest BCUT2D eigenvalue weighted by molar-refractivity contribution is 7.17. The van der Waals surface area contributed by atoms with Crippen molar-refractivity contribution in [2.45, 2.75) is 26.7 Å². The van der Waals surface area contributed by atoms with Crippen molar-refractivity contribution in [2.24, 2.45) is 0 Å². The van der Waals surface area contributed by atoms with Gasteiger partial charge in [0.05, 0.1) is 5.69 Å². The van der Waals surface area contributed by atoms with Crippen molar-refractivity contribution in [3.8, 4) is 0 Å². The number of nitrogens with one attached hydrogen (secondary N) is 1. The molecule has 1 heterocycles. The minimum absolute atomic E-state index is 0.156. The maximum atomic E-state index is 11.9. The molecule has 1 amide bonds. The van der Waals surface area contributed by atoms with E-state index in [2.05, 4.69) is 10.3 Å². The molecule has 0 fully saturated rings. The number of carboxylic acids is 1. The molecule has 1 aromatic heterocycles. The lowest BCUT2D eigenvalue weighted by Gasteiger charge is -2.02. The number of carbonyl (C=O) groups is 2. The van der Waals surface area contributed by atoms with Crippen LogP contribution < -0.4 is 5.32 Å². The number of nitrogens with zero attached hydrogens (tertiary/aromatic N) is 1. The third-order valence-corrected chi connectivity index (χ3v) is 4.06. The fourth-order valence-corrected chi connectivity index (χ4v) is 2.66. The van der Waals surface area contributed by atoms with Gasteiger partial charge in [0.15, 0.2) is 5.13 Å². The van der Waals surface area contributed by atoms with E-state index in [4.69, 9.17) is 5.11 Å². The number of anilines is 1. The standard InChI is InChI=1S/C15H16N2O3S/c1-9-3-5-11(6-4-9)7-8-12(18)17-15-16-10(2)13(21-15)14(19)20/h3-6H,7-8H2,1-2H3,(H,19,20)(H,16,17,18). The van der Waals surface area contributed by atoms with Crippen LogP contribution in [0.3, 0.4) is 0 Å². The van der Waals surface area contributed by atoms with Crippen molar-refractivity contribution >= 4 is 28.3 Å². The molecule has 0 aliphatic carbocycles. The maximum absolute atomic E-state index is 11.9. The number of aromatic nitrogens is 1. The molecular weight excluding hydrogens is 288 g/mol. The van der Waals surface area contributed by atoms with Crippen LogP contribution in [-0.2, 0) is 11.2 Å². The van der Waals surface area contributed by atoms with Gasteiger partial charge >= 0.3 is 5.97 Å². The number of aryl methyl sites for hydroxylation is 3. The zero-order valence-corrected chi connectivity index (χ0v) is 12.7. The topological polar surface area (TPSA) is 79.3 Å². The van der Waals surface area contributed by atoms with E-state index < -0.39 is 5.97 Å². The molecule has 6 heteroatoms. The number of benzene rings is 1. The van der Waals surface area contributed by atoms with Gasteiger partial charge in [-0.1, -0.05) is 41.2 Å². The number of carbonyl (C=O) groups excluding carboxylic acids is 1. The van der Waals surface area contributed by atoms with Gasteiger partial charge in [0.25, 0.3) is 0 Å². The minimum atomic E-state index is -1.02. The molecule has 2 aromatic rings. The van der Waals surface area contributed by atoms with Crippen LogP contribution in [-0.4, -0.2) is 22.0 Å². The van der Waals surface area contributed by atoms with E-state index in [1.807, 2.05) is 31.2 Å². The quantitative estimate of drug-likeness (QED) is 0.890. The predicted molar refractivity (Wildman–Crippen MR) is 81.9 cm³/mol. The van der Waals surface area contributed by atoms with E-state index in [1.54, 1.807) is 6.92 Å². The molecule has 0 aliphatic rings. The van der Waals surface area contributed by atoms with Crippen LogP contribution in [0.2, 0.25) is 0 Å². The van der Waals surface area contributed by atoms with Crippen LogP contribution in [0.4, 0.5) is 5.13 Å². The van der Waals surface area contributed by atoms with Gasteiger partial charge in [-0.3, -0.25) is 4.79 Å². The van der Waals surface area contributed by atoms with Gasteiger partial charge in [-0.05, 0) is 25.8 Å². The average molecular weight is 304 g/mol. The van der Waals surface area contributed by atoms with Crippen molar-refractivity contribution in [1.82, 2.24) is 4.98 Å². The van der Waals surface area contributed by atoms with Crippen molar-refractivity contribution in [3.05, 3.63) is 46.0 Å². The molecule has 1 aromatic carbocycles. The molecule has 0 radical (unpaired) electrons. The van der Waals surface area contributed by atoms with Gasteiger partial charge in [0, 0.05) is 6.42 Å². The van der Waals surface area contributed by atoms with E-state index >= 15 is 0 Å². The molecule has 0 bridgehead atoms. The number of thiazole rings is 1.